The summed E-state index contributed by atoms with van der Waals surface area (Å²) < 4.78 is 4.99. The van der Waals surface area contributed by atoms with Crippen molar-refractivity contribution in [3.8, 4) is 0 Å². The monoisotopic (exact) mass is 159 g/mol. The van der Waals surface area contributed by atoms with Gasteiger partial charge in [0.05, 0.1) is 19.8 Å². The van der Waals surface area contributed by atoms with Crippen LogP contribution in [-0.4, -0.2) is 37.4 Å². The molecule has 4 nitrogen and oxygen atoms in total. The summed E-state index contributed by atoms with van der Waals surface area (Å²) in [6.45, 7) is 5.03. The van der Waals surface area contributed by atoms with E-state index in [1.807, 2.05) is 0 Å². The second-order valence-corrected chi connectivity index (χ2v) is 1.93. The van der Waals surface area contributed by atoms with E-state index in [4.69, 9.17) is 9.84 Å². The van der Waals surface area contributed by atoms with E-state index in [2.05, 4.69) is 11.9 Å². The standard InChI is InChI=1S/C7H13NO3/c1-2-4-11-5-3-8-6-7(9)10/h2,8H,1,3-6H2,(H,9,10). The first-order valence-electron chi connectivity index (χ1n) is 3.38. The molecule has 0 fully saturated rings. The van der Waals surface area contributed by atoms with Crippen molar-refractivity contribution in [1.29, 1.82) is 0 Å². The maximum Gasteiger partial charge on any atom is 0.317 e. The van der Waals surface area contributed by atoms with Crippen molar-refractivity contribution in [2.75, 3.05) is 26.3 Å². The van der Waals surface area contributed by atoms with Gasteiger partial charge in [-0.05, 0) is 0 Å². The molecular formula is C7H13NO3. The lowest BCUT2D eigenvalue weighted by Gasteiger charge is -2.00. The molecule has 0 aliphatic carbocycles. The van der Waals surface area contributed by atoms with Gasteiger partial charge in [0.1, 0.15) is 0 Å². The van der Waals surface area contributed by atoms with Crippen LogP contribution in [0.15, 0.2) is 12.7 Å². The summed E-state index contributed by atoms with van der Waals surface area (Å²) >= 11 is 0. The number of nitrogens with one attached hydrogen (secondary N) is 1. The van der Waals surface area contributed by atoms with E-state index in [0.29, 0.717) is 19.8 Å². The zero-order chi connectivity index (χ0) is 8.53. The number of carbonyl (C=O) groups is 1. The van der Waals surface area contributed by atoms with Crippen LogP contribution >= 0.6 is 0 Å². The molecule has 0 saturated heterocycles. The van der Waals surface area contributed by atoms with Gasteiger partial charge < -0.3 is 15.2 Å². The molecule has 0 radical (unpaired) electrons. The molecule has 0 atom stereocenters. The molecule has 0 aromatic rings. The van der Waals surface area contributed by atoms with Crippen LogP contribution in [0.3, 0.4) is 0 Å². The third-order valence-electron chi connectivity index (χ3n) is 0.935. The van der Waals surface area contributed by atoms with Crippen molar-refractivity contribution in [1.82, 2.24) is 5.32 Å². The lowest BCUT2D eigenvalue weighted by molar-refractivity contribution is -0.135. The minimum absolute atomic E-state index is 0.0164. The molecule has 0 amide bonds. The Bertz CT molecular complexity index is 125. The lowest BCUT2D eigenvalue weighted by Crippen LogP contribution is -2.26. The molecule has 0 bridgehead atoms. The van der Waals surface area contributed by atoms with Crippen LogP contribution in [0.1, 0.15) is 0 Å². The van der Waals surface area contributed by atoms with Crippen LogP contribution < -0.4 is 5.32 Å². The molecular weight excluding hydrogens is 146 g/mol. The molecule has 2 N–H and O–H groups in total. The van der Waals surface area contributed by atoms with Gasteiger partial charge in [-0.1, -0.05) is 6.08 Å². The van der Waals surface area contributed by atoms with E-state index in [1.54, 1.807) is 6.08 Å². The van der Waals surface area contributed by atoms with Gasteiger partial charge in [0.15, 0.2) is 0 Å². The fourth-order valence-corrected chi connectivity index (χ4v) is 0.506. The van der Waals surface area contributed by atoms with Gasteiger partial charge in [0, 0.05) is 6.54 Å². The molecule has 0 saturated carbocycles. The smallest absolute Gasteiger partial charge is 0.317 e. The largest absolute Gasteiger partial charge is 0.480 e. The molecule has 0 heterocycles. The summed E-state index contributed by atoms with van der Waals surface area (Å²) in [6.07, 6.45) is 1.65. The Balaban J connectivity index is 2.90. The fraction of sp³-hybridized carbons (Fsp3) is 0.571. The van der Waals surface area contributed by atoms with Gasteiger partial charge in [-0.25, -0.2) is 0 Å². The van der Waals surface area contributed by atoms with E-state index in [0.717, 1.165) is 0 Å². The summed E-state index contributed by atoms with van der Waals surface area (Å²) in [7, 11) is 0. The summed E-state index contributed by atoms with van der Waals surface area (Å²) in [6, 6.07) is 0. The van der Waals surface area contributed by atoms with Gasteiger partial charge >= 0.3 is 5.97 Å². The van der Waals surface area contributed by atoms with Crippen molar-refractivity contribution >= 4 is 5.97 Å². The first-order valence-corrected chi connectivity index (χ1v) is 3.38. The fourth-order valence-electron chi connectivity index (χ4n) is 0.506. The average molecular weight is 159 g/mol. The van der Waals surface area contributed by atoms with E-state index in [9.17, 15) is 4.79 Å². The van der Waals surface area contributed by atoms with Gasteiger partial charge in [-0.15, -0.1) is 6.58 Å². The number of hydrogen-bond donors (Lipinski definition) is 2. The molecule has 0 rings (SSSR count). The minimum atomic E-state index is -0.853. The van der Waals surface area contributed by atoms with Crippen molar-refractivity contribution in [2.24, 2.45) is 0 Å². The Morgan fingerprint density at radius 2 is 2.45 bits per heavy atom. The first-order chi connectivity index (χ1) is 5.27. The Labute approximate surface area is 65.9 Å². The normalized spacial score (nSPS) is 9.45. The van der Waals surface area contributed by atoms with Crippen molar-refractivity contribution in [3.63, 3.8) is 0 Å². The van der Waals surface area contributed by atoms with E-state index in [-0.39, 0.29) is 6.54 Å². The predicted molar refractivity (Wildman–Crippen MR) is 41.5 cm³/mol. The van der Waals surface area contributed by atoms with Gasteiger partial charge in [-0.2, -0.15) is 0 Å². The predicted octanol–water partition coefficient (Wildman–Crippen LogP) is -0.137. The van der Waals surface area contributed by atoms with Crippen LogP contribution in [0.2, 0.25) is 0 Å². The van der Waals surface area contributed by atoms with E-state index >= 15 is 0 Å². The zero-order valence-electron chi connectivity index (χ0n) is 6.38. The molecule has 11 heavy (non-hydrogen) atoms. The summed E-state index contributed by atoms with van der Waals surface area (Å²) in [5.41, 5.74) is 0. The number of rotatable bonds is 7. The molecule has 0 aromatic heterocycles. The van der Waals surface area contributed by atoms with Crippen molar-refractivity contribution < 1.29 is 14.6 Å². The molecule has 0 aromatic carbocycles. The Morgan fingerprint density at radius 3 is 3.00 bits per heavy atom. The van der Waals surface area contributed by atoms with Crippen LogP contribution in [-0.2, 0) is 9.53 Å². The van der Waals surface area contributed by atoms with Crippen LogP contribution in [0.4, 0.5) is 0 Å². The minimum Gasteiger partial charge on any atom is -0.480 e. The molecule has 4 heteroatoms. The molecule has 0 spiro atoms. The molecule has 0 unspecified atom stereocenters. The van der Waals surface area contributed by atoms with E-state index < -0.39 is 5.97 Å². The number of carboxylic acids is 1. The highest BCUT2D eigenvalue weighted by molar-refractivity contribution is 5.68. The highest BCUT2D eigenvalue weighted by atomic mass is 16.5. The Morgan fingerprint density at radius 1 is 1.73 bits per heavy atom. The Kier molecular flexibility index (Phi) is 6.67. The van der Waals surface area contributed by atoms with Gasteiger partial charge in [0.25, 0.3) is 0 Å². The second kappa shape index (κ2) is 7.24. The highest BCUT2D eigenvalue weighted by Gasteiger charge is 1.92. The SMILES string of the molecule is C=CCOCCNCC(=O)O. The van der Waals surface area contributed by atoms with Gasteiger partial charge in [0.2, 0.25) is 0 Å². The van der Waals surface area contributed by atoms with E-state index in [1.165, 1.54) is 0 Å². The maximum absolute atomic E-state index is 9.97. The van der Waals surface area contributed by atoms with Crippen LogP contribution in [0.25, 0.3) is 0 Å². The average Bonchev–Trinajstić information content (AvgIpc) is 1.96. The zero-order valence-corrected chi connectivity index (χ0v) is 6.38. The topological polar surface area (TPSA) is 58.6 Å². The van der Waals surface area contributed by atoms with Crippen LogP contribution in [0, 0.1) is 0 Å². The number of aliphatic carboxylic acids is 1. The summed E-state index contributed by atoms with van der Waals surface area (Å²) in [5, 5.41) is 10.9. The third-order valence-corrected chi connectivity index (χ3v) is 0.935. The lowest BCUT2D eigenvalue weighted by atomic mass is 10.6. The Hall–Kier alpha value is -0.870. The molecule has 0 aliphatic rings. The second-order valence-electron chi connectivity index (χ2n) is 1.93. The number of carboxylic acid groups (broad SMARTS) is 1. The molecule has 64 valence electrons. The third kappa shape index (κ3) is 9.13. The first kappa shape index (κ1) is 10.1. The summed E-state index contributed by atoms with van der Waals surface area (Å²) in [4.78, 5) is 9.97. The van der Waals surface area contributed by atoms with Crippen LogP contribution in [0.5, 0.6) is 0 Å². The number of ether oxygens (including phenoxy) is 1. The number of hydrogen-bond acceptors (Lipinski definition) is 3. The maximum atomic E-state index is 9.97. The quantitative estimate of drug-likeness (QED) is 0.401. The highest BCUT2D eigenvalue weighted by Crippen LogP contribution is 1.72. The van der Waals surface area contributed by atoms with Crippen molar-refractivity contribution in [3.05, 3.63) is 12.7 Å². The summed E-state index contributed by atoms with van der Waals surface area (Å²) in [5.74, 6) is -0.853. The molecule has 0 aliphatic heterocycles. The van der Waals surface area contributed by atoms with Crippen molar-refractivity contribution in [2.45, 2.75) is 0 Å². The van der Waals surface area contributed by atoms with Gasteiger partial charge in [-0.3, -0.25) is 4.79 Å².